The Bertz CT molecular complexity index is 753. The summed E-state index contributed by atoms with van der Waals surface area (Å²) in [6, 6.07) is 5.50. The number of nitrogens with one attached hydrogen (secondary N) is 2. The van der Waals surface area contributed by atoms with Gasteiger partial charge in [0.05, 0.1) is 22.4 Å². The van der Waals surface area contributed by atoms with Crippen molar-refractivity contribution in [1.29, 1.82) is 0 Å². The Kier molecular flexibility index (Phi) is 3.37. The van der Waals surface area contributed by atoms with Crippen LogP contribution in [-0.2, 0) is 6.61 Å². The summed E-state index contributed by atoms with van der Waals surface area (Å²) >= 11 is 1.55. The highest BCUT2D eigenvalue weighted by Gasteiger charge is 2.23. The molecule has 2 aromatic rings. The molecule has 3 rings (SSSR count). The van der Waals surface area contributed by atoms with E-state index in [9.17, 15) is 9.59 Å². The van der Waals surface area contributed by atoms with Crippen molar-refractivity contribution < 1.29 is 9.84 Å². The SMILES string of the molecule is O=c1[nH]cc([C@@H]2COc3cc(CO)ccc3S2)[nH]c1=O. The highest BCUT2D eigenvalue weighted by atomic mass is 32.2. The molecule has 3 N–H and O–H groups in total. The van der Waals surface area contributed by atoms with Gasteiger partial charge in [-0.3, -0.25) is 9.59 Å². The largest absolute Gasteiger partial charge is 0.491 e. The maximum atomic E-state index is 11.3. The van der Waals surface area contributed by atoms with Gasteiger partial charge in [-0.15, -0.1) is 11.8 Å². The number of H-pyrrole nitrogens is 2. The van der Waals surface area contributed by atoms with Crippen molar-refractivity contribution in [3.63, 3.8) is 0 Å². The minimum absolute atomic E-state index is 0.0298. The van der Waals surface area contributed by atoms with Crippen molar-refractivity contribution in [2.45, 2.75) is 16.8 Å². The molecule has 0 unspecified atom stereocenters. The topological polar surface area (TPSA) is 95.2 Å². The van der Waals surface area contributed by atoms with E-state index in [4.69, 9.17) is 9.84 Å². The lowest BCUT2D eigenvalue weighted by atomic mass is 10.2. The van der Waals surface area contributed by atoms with Gasteiger partial charge >= 0.3 is 11.1 Å². The molecule has 0 saturated heterocycles. The molecular weight excluding hydrogens is 280 g/mol. The van der Waals surface area contributed by atoms with Gasteiger partial charge in [0, 0.05) is 6.20 Å². The van der Waals surface area contributed by atoms with Crippen LogP contribution in [-0.4, -0.2) is 21.7 Å². The average Bonchev–Trinajstić information content (AvgIpc) is 2.49. The van der Waals surface area contributed by atoms with Gasteiger partial charge in [0.25, 0.3) is 0 Å². The number of aliphatic hydroxyl groups is 1. The molecule has 1 aliphatic rings. The molecule has 0 bridgehead atoms. The lowest BCUT2D eigenvalue weighted by molar-refractivity contribution is 0.277. The van der Waals surface area contributed by atoms with E-state index < -0.39 is 11.1 Å². The van der Waals surface area contributed by atoms with Crippen LogP contribution in [0.5, 0.6) is 5.75 Å². The van der Waals surface area contributed by atoms with E-state index in [-0.39, 0.29) is 11.9 Å². The zero-order valence-corrected chi connectivity index (χ0v) is 11.2. The number of thioether (sulfide) groups is 1. The van der Waals surface area contributed by atoms with Gasteiger partial charge in [0.2, 0.25) is 0 Å². The molecule has 0 radical (unpaired) electrons. The van der Waals surface area contributed by atoms with Gasteiger partial charge in [0.15, 0.2) is 0 Å². The zero-order chi connectivity index (χ0) is 14.1. The Labute approximate surface area is 117 Å². The summed E-state index contributed by atoms with van der Waals surface area (Å²) in [5.74, 6) is 0.726. The maximum absolute atomic E-state index is 11.3. The predicted octanol–water partition coefficient (Wildman–Crippen LogP) is 0.781. The zero-order valence-electron chi connectivity index (χ0n) is 10.4. The Hall–Kier alpha value is -1.99. The quantitative estimate of drug-likeness (QED) is 0.711. The molecule has 1 aromatic heterocycles. The smallest absolute Gasteiger partial charge is 0.313 e. The van der Waals surface area contributed by atoms with Crippen molar-refractivity contribution in [3.05, 3.63) is 56.4 Å². The molecular formula is C13H12N2O4S. The van der Waals surface area contributed by atoms with E-state index in [0.717, 1.165) is 16.2 Å². The summed E-state index contributed by atoms with van der Waals surface area (Å²) in [5.41, 5.74) is 0.0877. The van der Waals surface area contributed by atoms with Crippen molar-refractivity contribution in [3.8, 4) is 5.75 Å². The fraction of sp³-hybridized carbons (Fsp3) is 0.231. The van der Waals surface area contributed by atoms with Crippen LogP contribution in [0.3, 0.4) is 0 Å². The van der Waals surface area contributed by atoms with Gasteiger partial charge in [-0.25, -0.2) is 0 Å². The first-order valence-corrected chi connectivity index (χ1v) is 6.90. The highest BCUT2D eigenvalue weighted by Crippen LogP contribution is 2.43. The first-order chi connectivity index (χ1) is 9.67. The predicted molar refractivity (Wildman–Crippen MR) is 74.1 cm³/mol. The molecule has 0 amide bonds. The van der Waals surface area contributed by atoms with Crippen molar-refractivity contribution in [2.24, 2.45) is 0 Å². The molecule has 7 heteroatoms. The van der Waals surface area contributed by atoms with Crippen LogP contribution < -0.4 is 15.9 Å². The number of aromatic nitrogens is 2. The standard InChI is InChI=1S/C13H12N2O4S/c16-5-7-1-2-10-9(3-7)19-6-11(20-10)8-4-14-12(17)13(18)15-8/h1-4,11,16H,5-6H2,(H,14,17)(H,15,18)/t11-/m0/s1. The molecule has 6 nitrogen and oxygen atoms in total. The molecule has 1 atom stereocenters. The summed E-state index contributed by atoms with van der Waals surface area (Å²) in [4.78, 5) is 28.3. The van der Waals surface area contributed by atoms with E-state index in [1.807, 2.05) is 12.1 Å². The second-order valence-corrected chi connectivity index (χ2v) is 5.63. The first-order valence-electron chi connectivity index (χ1n) is 6.02. The van der Waals surface area contributed by atoms with E-state index in [1.54, 1.807) is 17.8 Å². The number of hydrogen-bond acceptors (Lipinski definition) is 5. The molecule has 1 aliphatic heterocycles. The van der Waals surface area contributed by atoms with Crippen LogP contribution in [0.15, 0.2) is 38.9 Å². The Morgan fingerprint density at radius 3 is 2.95 bits per heavy atom. The van der Waals surface area contributed by atoms with Crippen LogP contribution >= 0.6 is 11.8 Å². The maximum Gasteiger partial charge on any atom is 0.313 e. The van der Waals surface area contributed by atoms with E-state index >= 15 is 0 Å². The second-order valence-electron chi connectivity index (χ2n) is 4.38. The van der Waals surface area contributed by atoms with Gasteiger partial charge in [-0.1, -0.05) is 6.07 Å². The molecule has 1 aromatic carbocycles. The van der Waals surface area contributed by atoms with Gasteiger partial charge in [-0.05, 0) is 17.7 Å². The number of rotatable bonds is 2. The number of fused-ring (bicyclic) bond motifs is 1. The summed E-state index contributed by atoms with van der Waals surface area (Å²) < 4.78 is 5.66. The minimum Gasteiger partial charge on any atom is -0.491 e. The van der Waals surface area contributed by atoms with Crippen LogP contribution in [0.2, 0.25) is 0 Å². The molecule has 0 fully saturated rings. The normalized spacial score (nSPS) is 17.4. The Morgan fingerprint density at radius 1 is 1.35 bits per heavy atom. The van der Waals surface area contributed by atoms with Crippen molar-refractivity contribution in [2.75, 3.05) is 6.61 Å². The van der Waals surface area contributed by atoms with Gasteiger partial charge in [-0.2, -0.15) is 0 Å². The molecule has 0 spiro atoms. The Balaban J connectivity index is 1.90. The third-order valence-corrected chi connectivity index (χ3v) is 4.29. The molecule has 20 heavy (non-hydrogen) atoms. The number of ether oxygens (including phenoxy) is 1. The molecule has 0 aliphatic carbocycles. The highest BCUT2D eigenvalue weighted by molar-refractivity contribution is 7.99. The number of aromatic amines is 2. The van der Waals surface area contributed by atoms with Gasteiger partial charge < -0.3 is 19.8 Å². The Morgan fingerprint density at radius 2 is 2.20 bits per heavy atom. The third kappa shape index (κ3) is 2.37. The second kappa shape index (κ2) is 5.18. The summed E-state index contributed by atoms with van der Waals surface area (Å²) in [5, 5.41) is 9.00. The van der Waals surface area contributed by atoms with Crippen LogP contribution in [0.4, 0.5) is 0 Å². The average molecular weight is 292 g/mol. The minimum atomic E-state index is -0.663. The van der Waals surface area contributed by atoms with Crippen molar-refractivity contribution in [1.82, 2.24) is 9.97 Å². The summed E-state index contributed by atoms with van der Waals surface area (Å²) in [6.45, 7) is 0.354. The van der Waals surface area contributed by atoms with E-state index in [1.165, 1.54) is 6.20 Å². The first kappa shape index (κ1) is 13.0. The molecule has 104 valence electrons. The monoisotopic (exact) mass is 292 g/mol. The molecule has 2 heterocycles. The third-order valence-electron chi connectivity index (χ3n) is 3.02. The number of aliphatic hydroxyl groups excluding tert-OH is 1. The lowest BCUT2D eigenvalue weighted by Gasteiger charge is -2.24. The summed E-state index contributed by atoms with van der Waals surface area (Å²) in [7, 11) is 0. The van der Waals surface area contributed by atoms with Crippen LogP contribution in [0.25, 0.3) is 0 Å². The van der Waals surface area contributed by atoms with Gasteiger partial charge in [0.1, 0.15) is 12.4 Å². The summed E-state index contributed by atoms with van der Waals surface area (Å²) in [6.07, 6.45) is 1.50. The van der Waals surface area contributed by atoms with Crippen molar-refractivity contribution >= 4 is 11.8 Å². The van der Waals surface area contributed by atoms with Crippen LogP contribution in [0.1, 0.15) is 16.5 Å². The molecule has 0 saturated carbocycles. The fourth-order valence-corrected chi connectivity index (χ4v) is 3.05. The number of hydrogen-bond donors (Lipinski definition) is 3. The van der Waals surface area contributed by atoms with E-state index in [0.29, 0.717) is 12.3 Å². The fourth-order valence-electron chi connectivity index (χ4n) is 1.97. The lowest BCUT2D eigenvalue weighted by Crippen LogP contribution is -2.31. The van der Waals surface area contributed by atoms with E-state index in [2.05, 4.69) is 9.97 Å². The number of benzene rings is 1. The van der Waals surface area contributed by atoms with Crippen LogP contribution in [0, 0.1) is 0 Å².